The number of rotatable bonds is 2. The molecular weight excluding hydrogens is 236 g/mol. The standard InChI is InChI=1S/C12H12N2O4/c15-12(16)7-4-5-8-10(13-7)14-11(18-8)9-3-1-2-6-17-9/h4-5,9H,1-3,6H2,(H,15,16). The second kappa shape index (κ2) is 4.38. The summed E-state index contributed by atoms with van der Waals surface area (Å²) in [6, 6.07) is 2.98. The summed E-state index contributed by atoms with van der Waals surface area (Å²) >= 11 is 0. The third kappa shape index (κ3) is 1.95. The number of aromatic nitrogens is 2. The van der Waals surface area contributed by atoms with Crippen LogP contribution in [-0.4, -0.2) is 27.7 Å². The predicted octanol–water partition coefficient (Wildman–Crippen LogP) is 2.16. The molecule has 1 fully saturated rings. The number of fused-ring (bicyclic) bond motifs is 1. The molecule has 1 aliphatic heterocycles. The lowest BCUT2D eigenvalue weighted by Gasteiger charge is -2.19. The summed E-state index contributed by atoms with van der Waals surface area (Å²) < 4.78 is 11.1. The maximum atomic E-state index is 10.8. The monoisotopic (exact) mass is 248 g/mol. The van der Waals surface area contributed by atoms with E-state index in [-0.39, 0.29) is 11.8 Å². The van der Waals surface area contributed by atoms with Crippen LogP contribution in [0.3, 0.4) is 0 Å². The highest BCUT2D eigenvalue weighted by Crippen LogP contribution is 2.29. The van der Waals surface area contributed by atoms with Crippen LogP contribution in [0.25, 0.3) is 11.2 Å². The van der Waals surface area contributed by atoms with Crippen LogP contribution in [-0.2, 0) is 4.74 Å². The number of hydrogen-bond donors (Lipinski definition) is 1. The topological polar surface area (TPSA) is 85.5 Å². The summed E-state index contributed by atoms with van der Waals surface area (Å²) in [5.74, 6) is -0.588. The molecule has 0 radical (unpaired) electrons. The Hall–Kier alpha value is -1.95. The van der Waals surface area contributed by atoms with E-state index in [1.54, 1.807) is 6.07 Å². The lowest BCUT2D eigenvalue weighted by Crippen LogP contribution is -2.11. The van der Waals surface area contributed by atoms with E-state index in [2.05, 4.69) is 9.97 Å². The first-order chi connectivity index (χ1) is 8.74. The van der Waals surface area contributed by atoms with Crippen molar-refractivity contribution in [3.63, 3.8) is 0 Å². The van der Waals surface area contributed by atoms with Crippen molar-refractivity contribution < 1.29 is 19.1 Å². The number of nitrogens with zero attached hydrogens (tertiary/aromatic N) is 2. The third-order valence-electron chi connectivity index (χ3n) is 2.94. The minimum absolute atomic E-state index is 0.0353. The van der Waals surface area contributed by atoms with E-state index >= 15 is 0 Å². The van der Waals surface area contributed by atoms with E-state index in [1.165, 1.54) is 6.07 Å². The SMILES string of the molecule is O=C(O)c1ccc2oc(C3CCCCO3)nc2n1. The van der Waals surface area contributed by atoms with Crippen LogP contribution < -0.4 is 0 Å². The van der Waals surface area contributed by atoms with Crippen LogP contribution in [0, 0.1) is 0 Å². The summed E-state index contributed by atoms with van der Waals surface area (Å²) in [5, 5.41) is 8.85. The maximum Gasteiger partial charge on any atom is 0.354 e. The van der Waals surface area contributed by atoms with Gasteiger partial charge in [0.1, 0.15) is 6.10 Å². The molecule has 1 saturated heterocycles. The molecule has 0 spiro atoms. The van der Waals surface area contributed by atoms with Gasteiger partial charge in [0, 0.05) is 6.61 Å². The lowest BCUT2D eigenvalue weighted by molar-refractivity contribution is -0.000560. The van der Waals surface area contributed by atoms with Gasteiger partial charge >= 0.3 is 5.97 Å². The first-order valence-corrected chi connectivity index (χ1v) is 5.86. The number of oxazole rings is 1. The highest BCUT2D eigenvalue weighted by atomic mass is 16.5. The first kappa shape index (κ1) is 11.2. The van der Waals surface area contributed by atoms with Crippen LogP contribution in [0.1, 0.15) is 41.7 Å². The molecule has 1 unspecified atom stereocenters. The van der Waals surface area contributed by atoms with E-state index in [0.29, 0.717) is 23.7 Å². The quantitative estimate of drug-likeness (QED) is 0.876. The molecule has 0 amide bonds. The Bertz CT molecular complexity index is 587. The van der Waals surface area contributed by atoms with Crippen molar-refractivity contribution in [2.75, 3.05) is 6.61 Å². The van der Waals surface area contributed by atoms with Crippen molar-refractivity contribution in [1.29, 1.82) is 0 Å². The molecule has 1 aliphatic rings. The molecule has 0 aromatic carbocycles. The van der Waals surface area contributed by atoms with Crippen molar-refractivity contribution in [2.24, 2.45) is 0 Å². The number of pyridine rings is 1. The van der Waals surface area contributed by atoms with Crippen molar-refractivity contribution >= 4 is 17.2 Å². The van der Waals surface area contributed by atoms with Gasteiger partial charge in [0.2, 0.25) is 5.89 Å². The van der Waals surface area contributed by atoms with E-state index in [9.17, 15) is 4.79 Å². The zero-order valence-electron chi connectivity index (χ0n) is 9.63. The van der Waals surface area contributed by atoms with Gasteiger partial charge in [-0.05, 0) is 31.4 Å². The lowest BCUT2D eigenvalue weighted by atomic mass is 10.1. The summed E-state index contributed by atoms with van der Waals surface area (Å²) in [4.78, 5) is 19.0. The summed E-state index contributed by atoms with van der Waals surface area (Å²) in [5.41, 5.74) is 0.773. The Morgan fingerprint density at radius 3 is 2.94 bits per heavy atom. The normalized spacial score (nSPS) is 20.1. The van der Waals surface area contributed by atoms with Gasteiger partial charge in [0.25, 0.3) is 0 Å². The molecule has 3 rings (SSSR count). The average molecular weight is 248 g/mol. The van der Waals surface area contributed by atoms with E-state index < -0.39 is 5.97 Å². The van der Waals surface area contributed by atoms with Crippen molar-refractivity contribution in [3.8, 4) is 0 Å². The van der Waals surface area contributed by atoms with Crippen LogP contribution in [0.5, 0.6) is 0 Å². The second-order valence-corrected chi connectivity index (χ2v) is 4.23. The van der Waals surface area contributed by atoms with Gasteiger partial charge in [-0.25, -0.2) is 9.78 Å². The molecule has 6 heteroatoms. The summed E-state index contributed by atoms with van der Waals surface area (Å²) in [6.07, 6.45) is 2.87. The fourth-order valence-corrected chi connectivity index (χ4v) is 2.03. The van der Waals surface area contributed by atoms with Crippen LogP contribution >= 0.6 is 0 Å². The fourth-order valence-electron chi connectivity index (χ4n) is 2.03. The molecule has 6 nitrogen and oxygen atoms in total. The van der Waals surface area contributed by atoms with Crippen molar-refractivity contribution in [1.82, 2.24) is 9.97 Å². The smallest absolute Gasteiger partial charge is 0.354 e. The Balaban J connectivity index is 1.97. The molecule has 1 N–H and O–H groups in total. The Morgan fingerprint density at radius 1 is 1.33 bits per heavy atom. The van der Waals surface area contributed by atoms with Gasteiger partial charge in [-0.15, -0.1) is 0 Å². The summed E-state index contributed by atoms with van der Waals surface area (Å²) in [6.45, 7) is 0.706. The molecule has 0 bridgehead atoms. The molecule has 18 heavy (non-hydrogen) atoms. The van der Waals surface area contributed by atoms with Crippen molar-refractivity contribution in [3.05, 3.63) is 23.7 Å². The zero-order valence-corrected chi connectivity index (χ0v) is 9.63. The zero-order chi connectivity index (χ0) is 12.5. The van der Waals surface area contributed by atoms with Crippen LogP contribution in [0.4, 0.5) is 0 Å². The number of aromatic carboxylic acids is 1. The van der Waals surface area contributed by atoms with Gasteiger partial charge in [0.05, 0.1) is 0 Å². The Morgan fingerprint density at radius 2 is 2.22 bits per heavy atom. The highest BCUT2D eigenvalue weighted by Gasteiger charge is 2.22. The predicted molar refractivity (Wildman–Crippen MR) is 61.3 cm³/mol. The molecular formula is C12H12N2O4. The molecule has 2 aromatic heterocycles. The minimum atomic E-state index is -1.07. The van der Waals surface area contributed by atoms with Crippen molar-refractivity contribution in [2.45, 2.75) is 25.4 Å². The first-order valence-electron chi connectivity index (χ1n) is 5.86. The highest BCUT2D eigenvalue weighted by molar-refractivity contribution is 5.87. The van der Waals surface area contributed by atoms with Crippen LogP contribution in [0.15, 0.2) is 16.5 Å². The number of carboxylic acids is 1. The van der Waals surface area contributed by atoms with Gasteiger partial charge in [-0.1, -0.05) is 0 Å². The molecule has 0 aliphatic carbocycles. The Kier molecular flexibility index (Phi) is 2.71. The molecule has 1 atom stereocenters. The number of carbonyl (C=O) groups is 1. The number of ether oxygens (including phenoxy) is 1. The average Bonchev–Trinajstić information content (AvgIpc) is 2.82. The second-order valence-electron chi connectivity index (χ2n) is 4.23. The third-order valence-corrected chi connectivity index (χ3v) is 2.94. The van der Waals surface area contributed by atoms with Gasteiger partial charge in [0.15, 0.2) is 16.9 Å². The fraction of sp³-hybridized carbons (Fsp3) is 0.417. The van der Waals surface area contributed by atoms with Crippen LogP contribution in [0.2, 0.25) is 0 Å². The largest absolute Gasteiger partial charge is 0.477 e. The Labute approximate surface area is 103 Å². The molecule has 0 saturated carbocycles. The molecule has 2 aromatic rings. The molecule has 3 heterocycles. The maximum absolute atomic E-state index is 10.8. The summed E-state index contributed by atoms with van der Waals surface area (Å²) in [7, 11) is 0. The van der Waals surface area contributed by atoms with Gasteiger partial charge in [-0.3, -0.25) is 0 Å². The van der Waals surface area contributed by atoms with E-state index in [1.807, 2.05) is 0 Å². The van der Waals surface area contributed by atoms with Gasteiger partial charge < -0.3 is 14.3 Å². The number of hydrogen-bond acceptors (Lipinski definition) is 5. The van der Waals surface area contributed by atoms with Gasteiger partial charge in [-0.2, -0.15) is 4.98 Å². The van der Waals surface area contributed by atoms with E-state index in [0.717, 1.165) is 19.3 Å². The number of carboxylic acid groups (broad SMARTS) is 1. The minimum Gasteiger partial charge on any atom is -0.477 e. The molecule has 94 valence electrons. The van der Waals surface area contributed by atoms with E-state index in [4.69, 9.17) is 14.3 Å².